The molecular formula is C25H33F2N7O3. The highest BCUT2D eigenvalue weighted by Gasteiger charge is 2.50. The molecule has 0 atom stereocenters. The Bertz CT molecular complexity index is 1240. The molecule has 1 aliphatic carbocycles. The van der Waals surface area contributed by atoms with E-state index in [-0.39, 0.29) is 43.9 Å². The van der Waals surface area contributed by atoms with Crippen LogP contribution in [0.4, 0.5) is 8.92 Å². The number of carbonyl (C=O) groups is 2. The average molecular weight is 518 g/mol. The first-order chi connectivity index (χ1) is 17.7. The number of rotatable bonds is 7. The SMILES string of the molecule is C1CC1.CCn1cc(-c2cnc3[nH]cc(C(=O)NCC(=O)N4CCC(OF)(C(C)(C)F)CC4)c3n2)cn1. The summed E-state index contributed by atoms with van der Waals surface area (Å²) in [7, 11) is 0. The minimum atomic E-state index is -1.89. The molecule has 0 bridgehead atoms. The fraction of sp³-hybridized carbons (Fsp3) is 0.560. The Hall–Kier alpha value is -3.41. The highest BCUT2D eigenvalue weighted by molar-refractivity contribution is 6.05. The summed E-state index contributed by atoms with van der Waals surface area (Å²) in [6, 6.07) is 0. The number of aromatic nitrogens is 5. The van der Waals surface area contributed by atoms with Crippen molar-refractivity contribution in [3.63, 3.8) is 0 Å². The van der Waals surface area contributed by atoms with Crippen molar-refractivity contribution in [3.8, 4) is 11.3 Å². The number of H-pyrrole nitrogens is 1. The summed E-state index contributed by atoms with van der Waals surface area (Å²) in [5.41, 5.74) is -1.07. The maximum Gasteiger partial charge on any atom is 0.255 e. The van der Waals surface area contributed by atoms with Gasteiger partial charge in [0.2, 0.25) is 5.91 Å². The van der Waals surface area contributed by atoms with Crippen LogP contribution < -0.4 is 5.32 Å². The molecule has 2 fully saturated rings. The molecule has 2 aliphatic rings. The summed E-state index contributed by atoms with van der Waals surface area (Å²) in [5.74, 6) is -0.838. The van der Waals surface area contributed by atoms with Crippen LogP contribution in [0.5, 0.6) is 0 Å². The van der Waals surface area contributed by atoms with Gasteiger partial charge < -0.3 is 15.2 Å². The third kappa shape index (κ3) is 5.95. The van der Waals surface area contributed by atoms with Crippen molar-refractivity contribution < 1.29 is 23.4 Å². The maximum atomic E-state index is 14.4. The summed E-state index contributed by atoms with van der Waals surface area (Å²) < 4.78 is 29.3. The van der Waals surface area contributed by atoms with Gasteiger partial charge in [0.25, 0.3) is 5.91 Å². The smallest absolute Gasteiger partial charge is 0.255 e. The second-order valence-electron chi connectivity index (χ2n) is 9.91. The van der Waals surface area contributed by atoms with Crippen LogP contribution >= 0.6 is 0 Å². The van der Waals surface area contributed by atoms with Crippen molar-refractivity contribution in [2.45, 2.75) is 70.7 Å². The van der Waals surface area contributed by atoms with E-state index < -0.39 is 17.2 Å². The number of alkyl halides is 1. The third-order valence-corrected chi connectivity index (χ3v) is 6.79. The van der Waals surface area contributed by atoms with Gasteiger partial charge in [-0.05, 0) is 25.3 Å². The van der Waals surface area contributed by atoms with Crippen LogP contribution in [-0.4, -0.2) is 72.4 Å². The number of likely N-dealkylation sites (tertiary alicyclic amines) is 1. The van der Waals surface area contributed by atoms with Gasteiger partial charge in [0.15, 0.2) is 5.65 Å². The average Bonchev–Trinajstić information content (AvgIpc) is 3.60. The van der Waals surface area contributed by atoms with Gasteiger partial charge in [0.1, 0.15) is 16.8 Å². The quantitative estimate of drug-likeness (QED) is 0.493. The molecule has 12 heteroatoms. The molecule has 10 nitrogen and oxygen atoms in total. The van der Waals surface area contributed by atoms with Gasteiger partial charge in [-0.3, -0.25) is 14.3 Å². The van der Waals surface area contributed by atoms with E-state index in [1.54, 1.807) is 17.1 Å². The van der Waals surface area contributed by atoms with Crippen LogP contribution in [0.1, 0.15) is 63.2 Å². The largest absolute Gasteiger partial charge is 0.344 e. The Kier molecular flexibility index (Phi) is 7.86. The Morgan fingerprint density at radius 1 is 1.22 bits per heavy atom. The van der Waals surface area contributed by atoms with E-state index in [9.17, 15) is 18.5 Å². The number of carbonyl (C=O) groups excluding carboxylic acids is 2. The van der Waals surface area contributed by atoms with Gasteiger partial charge in [-0.25, -0.2) is 14.4 Å². The van der Waals surface area contributed by atoms with E-state index in [4.69, 9.17) is 0 Å². The molecular weight excluding hydrogens is 484 g/mol. The van der Waals surface area contributed by atoms with Gasteiger partial charge in [0.05, 0.1) is 30.2 Å². The lowest BCUT2D eigenvalue weighted by atomic mass is 9.79. The summed E-state index contributed by atoms with van der Waals surface area (Å²) in [6.45, 7) is 5.19. The minimum Gasteiger partial charge on any atom is -0.344 e. The number of piperidine rings is 1. The lowest BCUT2D eigenvalue weighted by Gasteiger charge is -2.43. The first-order valence-corrected chi connectivity index (χ1v) is 12.6. The van der Waals surface area contributed by atoms with Crippen LogP contribution in [-0.2, 0) is 16.3 Å². The highest BCUT2D eigenvalue weighted by Crippen LogP contribution is 2.39. The molecule has 0 aromatic carbocycles. The Labute approximate surface area is 213 Å². The fourth-order valence-electron chi connectivity index (χ4n) is 4.12. The van der Waals surface area contributed by atoms with Crippen molar-refractivity contribution in [3.05, 3.63) is 30.4 Å². The fourth-order valence-corrected chi connectivity index (χ4v) is 4.12. The zero-order valence-electron chi connectivity index (χ0n) is 21.4. The zero-order valence-corrected chi connectivity index (χ0v) is 21.4. The third-order valence-electron chi connectivity index (χ3n) is 6.79. The Morgan fingerprint density at radius 3 is 2.49 bits per heavy atom. The molecule has 2 N–H and O–H groups in total. The molecule has 1 saturated carbocycles. The Morgan fingerprint density at radius 2 is 1.92 bits per heavy atom. The molecule has 200 valence electrons. The van der Waals surface area contributed by atoms with Crippen molar-refractivity contribution >= 4 is 23.0 Å². The van der Waals surface area contributed by atoms with Crippen LogP contribution in [0, 0.1) is 0 Å². The number of halogens is 2. The van der Waals surface area contributed by atoms with E-state index in [1.165, 1.54) is 44.2 Å². The lowest BCUT2D eigenvalue weighted by molar-refractivity contribution is -0.289. The van der Waals surface area contributed by atoms with E-state index in [2.05, 4.69) is 30.3 Å². The number of nitrogens with one attached hydrogen (secondary N) is 2. The number of fused-ring (bicyclic) bond motifs is 1. The van der Waals surface area contributed by atoms with Crippen LogP contribution in [0.2, 0.25) is 0 Å². The number of amides is 2. The molecule has 5 rings (SSSR count). The normalized spacial score (nSPS) is 16.7. The molecule has 3 aromatic heterocycles. The minimum absolute atomic E-state index is 0.0160. The topological polar surface area (TPSA) is 118 Å². The molecule has 37 heavy (non-hydrogen) atoms. The van der Waals surface area contributed by atoms with Gasteiger partial charge in [-0.2, -0.15) is 10.0 Å². The number of nitrogens with zero attached hydrogens (tertiary/aromatic N) is 5. The molecule has 3 aromatic rings. The highest BCUT2D eigenvalue weighted by atomic mass is 19.3. The van der Waals surface area contributed by atoms with Crippen molar-refractivity contribution in [1.82, 2.24) is 34.9 Å². The summed E-state index contributed by atoms with van der Waals surface area (Å²) in [4.78, 5) is 42.6. The predicted octanol–water partition coefficient (Wildman–Crippen LogP) is 3.75. The molecule has 1 saturated heterocycles. The lowest BCUT2D eigenvalue weighted by Crippen LogP contribution is -2.57. The Balaban J connectivity index is 0.000000994. The maximum absolute atomic E-state index is 14.4. The van der Waals surface area contributed by atoms with E-state index in [0.29, 0.717) is 23.4 Å². The molecule has 4 heterocycles. The molecule has 0 unspecified atom stereocenters. The second kappa shape index (κ2) is 10.9. The van der Waals surface area contributed by atoms with Crippen molar-refractivity contribution in [2.24, 2.45) is 0 Å². The first-order valence-electron chi connectivity index (χ1n) is 12.6. The van der Waals surface area contributed by atoms with Gasteiger partial charge in [-0.1, -0.05) is 19.3 Å². The number of hydrogen-bond donors (Lipinski definition) is 2. The molecule has 1 aliphatic heterocycles. The number of hydrogen-bond acceptors (Lipinski definition) is 6. The molecule has 2 amide bonds. The number of aromatic amines is 1. The van der Waals surface area contributed by atoms with E-state index >= 15 is 0 Å². The molecule has 0 radical (unpaired) electrons. The zero-order chi connectivity index (χ0) is 26.6. The monoisotopic (exact) mass is 517 g/mol. The summed E-state index contributed by atoms with van der Waals surface area (Å²) in [5, 5.41) is 6.83. The molecule has 0 spiro atoms. The standard InChI is InChI=1S/C22H27F2N7O3.C3H6/c1-4-31-13-14(9-28-31)16-11-26-19-18(29-16)15(10-25-19)20(33)27-12-17(32)30-7-5-22(34-24,6-8-30)21(2,3)23;1-2-3-1/h9-11,13H,4-8,12H2,1-3H3,(H,25,26)(H,27,33);1-3H2. The van der Waals surface area contributed by atoms with Crippen LogP contribution in [0.25, 0.3) is 22.4 Å². The van der Waals surface area contributed by atoms with Crippen LogP contribution in [0.15, 0.2) is 24.8 Å². The van der Waals surface area contributed by atoms with E-state index in [0.717, 1.165) is 5.56 Å². The first kappa shape index (κ1) is 26.6. The van der Waals surface area contributed by atoms with Crippen molar-refractivity contribution in [1.29, 1.82) is 0 Å². The van der Waals surface area contributed by atoms with Gasteiger partial charge in [-0.15, -0.1) is 0 Å². The summed E-state index contributed by atoms with van der Waals surface area (Å²) >= 11 is 0. The second-order valence-corrected chi connectivity index (χ2v) is 9.91. The van der Waals surface area contributed by atoms with Gasteiger partial charge in [0, 0.05) is 50.4 Å². The summed E-state index contributed by atoms with van der Waals surface area (Å²) in [6.07, 6.45) is 11.1. The number of aryl methyl sites for hydroxylation is 1. The van der Waals surface area contributed by atoms with Gasteiger partial charge >= 0.3 is 0 Å². The van der Waals surface area contributed by atoms with E-state index in [1.807, 2.05) is 13.1 Å². The van der Waals surface area contributed by atoms with Crippen molar-refractivity contribution in [2.75, 3.05) is 19.6 Å². The van der Waals surface area contributed by atoms with Crippen LogP contribution in [0.3, 0.4) is 0 Å². The predicted molar refractivity (Wildman–Crippen MR) is 133 cm³/mol.